The first kappa shape index (κ1) is 21.8. The van der Waals surface area contributed by atoms with Crippen molar-refractivity contribution >= 4 is 11.5 Å². The van der Waals surface area contributed by atoms with Crippen LogP contribution in [0.2, 0.25) is 0 Å². The average molecular weight is 395 g/mol. The molecule has 0 aliphatic heterocycles. The Bertz CT molecular complexity index is 931. The monoisotopic (exact) mass is 395 g/mol. The molecule has 7 nitrogen and oxygen atoms in total. The van der Waals surface area contributed by atoms with Crippen molar-refractivity contribution < 1.29 is 19.4 Å². The minimum atomic E-state index is -1.07. The van der Waals surface area contributed by atoms with Crippen LogP contribution in [0.3, 0.4) is 0 Å². The molecule has 0 aromatic carbocycles. The van der Waals surface area contributed by atoms with Gasteiger partial charge in [0.05, 0.1) is 12.2 Å². The number of hydrogen-bond donors (Lipinski definition) is 1. The molecule has 0 bridgehead atoms. The number of rotatable bonds is 9. The minimum Gasteiger partial charge on any atom is -0.488 e. The molecule has 0 spiro atoms. The van der Waals surface area contributed by atoms with Gasteiger partial charge in [0.2, 0.25) is 0 Å². The quantitative estimate of drug-likeness (QED) is 0.486. The van der Waals surface area contributed by atoms with Gasteiger partial charge >= 0.3 is 5.97 Å². The van der Waals surface area contributed by atoms with E-state index in [0.29, 0.717) is 35.4 Å². The Morgan fingerprint density at radius 3 is 2.48 bits per heavy atom. The molecule has 0 atom stereocenters. The molecule has 2 heterocycles. The van der Waals surface area contributed by atoms with Gasteiger partial charge in [-0.1, -0.05) is 18.6 Å². The lowest BCUT2D eigenvalue weighted by Crippen LogP contribution is -2.03. The van der Waals surface area contributed by atoms with Crippen molar-refractivity contribution in [2.45, 2.75) is 34.1 Å². The van der Waals surface area contributed by atoms with E-state index >= 15 is 0 Å². The van der Waals surface area contributed by atoms with Gasteiger partial charge in [-0.25, -0.2) is 19.7 Å². The van der Waals surface area contributed by atoms with Gasteiger partial charge in [0.25, 0.3) is 5.88 Å². The lowest BCUT2D eigenvalue weighted by atomic mass is 10.1. The second-order valence-electron chi connectivity index (χ2n) is 6.08. The number of carboxylic acid groups (broad SMARTS) is 1. The number of pyridine rings is 1. The van der Waals surface area contributed by atoms with Crippen LogP contribution in [-0.2, 0) is 0 Å². The van der Waals surface area contributed by atoms with E-state index in [0.717, 1.165) is 12.0 Å². The minimum absolute atomic E-state index is 0.0289. The fraction of sp³-hybridized carbons (Fsp3) is 0.273. The zero-order chi connectivity index (χ0) is 21.2. The van der Waals surface area contributed by atoms with Crippen LogP contribution in [-0.4, -0.2) is 32.6 Å². The third-order valence-corrected chi connectivity index (χ3v) is 3.96. The van der Waals surface area contributed by atoms with Crippen molar-refractivity contribution in [1.82, 2.24) is 15.0 Å². The third-order valence-electron chi connectivity index (χ3n) is 3.96. The Morgan fingerprint density at radius 1 is 1.17 bits per heavy atom. The highest BCUT2D eigenvalue weighted by atomic mass is 16.5. The van der Waals surface area contributed by atoms with E-state index in [9.17, 15) is 4.79 Å². The molecule has 7 heteroatoms. The second-order valence-corrected chi connectivity index (χ2v) is 6.08. The van der Waals surface area contributed by atoms with E-state index in [1.165, 1.54) is 12.4 Å². The zero-order valence-electron chi connectivity index (χ0n) is 17.0. The average Bonchev–Trinajstić information content (AvgIpc) is 2.73. The maximum Gasteiger partial charge on any atom is 0.338 e. The molecule has 0 radical (unpaired) electrons. The van der Waals surface area contributed by atoms with Crippen LogP contribution in [0, 0.1) is 0 Å². The highest BCUT2D eigenvalue weighted by Gasteiger charge is 2.11. The summed E-state index contributed by atoms with van der Waals surface area (Å²) in [4.78, 5) is 23.6. The van der Waals surface area contributed by atoms with Gasteiger partial charge in [0.1, 0.15) is 5.76 Å². The molecule has 0 saturated heterocycles. The molecule has 0 unspecified atom stereocenters. The summed E-state index contributed by atoms with van der Waals surface area (Å²) in [5.74, 6) is 0.777. The van der Waals surface area contributed by atoms with Crippen molar-refractivity contribution in [2.75, 3.05) is 6.61 Å². The first-order valence-electron chi connectivity index (χ1n) is 9.35. The van der Waals surface area contributed by atoms with Gasteiger partial charge in [-0.05, 0) is 51.5 Å². The Morgan fingerprint density at radius 2 is 1.90 bits per heavy atom. The van der Waals surface area contributed by atoms with Crippen molar-refractivity contribution in [1.29, 1.82) is 0 Å². The van der Waals surface area contributed by atoms with E-state index in [2.05, 4.69) is 21.9 Å². The van der Waals surface area contributed by atoms with E-state index in [1.807, 2.05) is 32.9 Å². The highest BCUT2D eigenvalue weighted by molar-refractivity contribution is 5.87. The standard InChI is InChI=1S/C22H25N3O4/c1-5-15(4)11-18(29-21-19(28-7-3)9-8-10-23-21)12-16(6-2)20-24-13-17(14-25-20)22(26)27/h6,8-14H,5,7H2,1-4H3,(H,26,27)/b15-11?,16-6+,18-12+. The lowest BCUT2D eigenvalue weighted by molar-refractivity contribution is 0.0696. The smallest absolute Gasteiger partial charge is 0.338 e. The normalized spacial score (nSPS) is 12.6. The van der Waals surface area contributed by atoms with Gasteiger partial charge in [-0.15, -0.1) is 0 Å². The van der Waals surface area contributed by atoms with Crippen molar-refractivity contribution in [3.8, 4) is 11.6 Å². The molecule has 0 aliphatic carbocycles. The van der Waals surface area contributed by atoms with Crippen LogP contribution in [0.15, 0.2) is 60.3 Å². The first-order chi connectivity index (χ1) is 14.0. The molecule has 29 heavy (non-hydrogen) atoms. The van der Waals surface area contributed by atoms with Gasteiger partial charge in [0.15, 0.2) is 11.6 Å². The number of allylic oxidation sites excluding steroid dienone is 5. The topological polar surface area (TPSA) is 94.4 Å². The predicted molar refractivity (Wildman–Crippen MR) is 111 cm³/mol. The molecular weight excluding hydrogens is 370 g/mol. The van der Waals surface area contributed by atoms with Crippen LogP contribution < -0.4 is 9.47 Å². The summed E-state index contributed by atoms with van der Waals surface area (Å²) >= 11 is 0. The van der Waals surface area contributed by atoms with Crippen molar-refractivity contribution in [3.05, 3.63) is 71.7 Å². The fourth-order valence-corrected chi connectivity index (χ4v) is 2.29. The number of carboxylic acids is 1. The number of nitrogens with zero attached hydrogens (tertiary/aromatic N) is 3. The number of aromatic carboxylic acids is 1. The van der Waals surface area contributed by atoms with Crippen molar-refractivity contribution in [2.24, 2.45) is 0 Å². The maximum absolute atomic E-state index is 11.0. The molecule has 0 amide bonds. The molecular formula is C22H25N3O4. The van der Waals surface area contributed by atoms with Crippen LogP contribution in [0.25, 0.3) is 5.57 Å². The fourth-order valence-electron chi connectivity index (χ4n) is 2.29. The number of carbonyl (C=O) groups is 1. The highest BCUT2D eigenvalue weighted by Crippen LogP contribution is 2.27. The molecule has 2 rings (SSSR count). The summed E-state index contributed by atoms with van der Waals surface area (Å²) in [6, 6.07) is 3.58. The van der Waals surface area contributed by atoms with E-state index < -0.39 is 5.97 Å². The summed E-state index contributed by atoms with van der Waals surface area (Å²) in [6.07, 6.45) is 10.6. The van der Waals surface area contributed by atoms with Crippen LogP contribution in [0.4, 0.5) is 0 Å². The molecule has 2 aromatic rings. The number of ether oxygens (including phenoxy) is 2. The molecule has 1 N–H and O–H groups in total. The summed E-state index contributed by atoms with van der Waals surface area (Å²) in [6.45, 7) is 8.30. The first-order valence-corrected chi connectivity index (χ1v) is 9.35. The third kappa shape index (κ3) is 6.27. The summed E-state index contributed by atoms with van der Waals surface area (Å²) < 4.78 is 11.6. The Labute approximate surface area is 170 Å². The Hall–Kier alpha value is -3.48. The molecule has 152 valence electrons. The molecule has 0 aliphatic rings. The summed E-state index contributed by atoms with van der Waals surface area (Å²) in [5.41, 5.74) is 1.83. The molecule has 0 saturated carbocycles. The maximum atomic E-state index is 11.0. The van der Waals surface area contributed by atoms with Gasteiger partial charge in [-0.3, -0.25) is 0 Å². The van der Waals surface area contributed by atoms with Gasteiger partial charge < -0.3 is 14.6 Å². The van der Waals surface area contributed by atoms with E-state index in [4.69, 9.17) is 14.6 Å². The van der Waals surface area contributed by atoms with Crippen LogP contribution in [0.5, 0.6) is 11.6 Å². The molecule has 0 fully saturated rings. The van der Waals surface area contributed by atoms with E-state index in [-0.39, 0.29) is 5.56 Å². The van der Waals surface area contributed by atoms with Crippen LogP contribution in [0.1, 0.15) is 50.3 Å². The zero-order valence-corrected chi connectivity index (χ0v) is 17.0. The largest absolute Gasteiger partial charge is 0.488 e. The second kappa shape index (κ2) is 10.8. The Balaban J connectivity index is 2.42. The van der Waals surface area contributed by atoms with E-state index in [1.54, 1.807) is 24.4 Å². The van der Waals surface area contributed by atoms with Gasteiger partial charge in [-0.2, -0.15) is 0 Å². The van der Waals surface area contributed by atoms with Gasteiger partial charge in [0, 0.05) is 24.2 Å². The van der Waals surface area contributed by atoms with Crippen molar-refractivity contribution in [3.63, 3.8) is 0 Å². The number of aromatic nitrogens is 3. The SMILES string of the molecule is C/C=C(\C=C(/C=C(C)CC)Oc1ncccc1OCC)c1ncc(C(=O)O)cn1. The summed E-state index contributed by atoms with van der Waals surface area (Å²) in [7, 11) is 0. The predicted octanol–water partition coefficient (Wildman–Crippen LogP) is 4.69. The molecule has 2 aromatic heterocycles. The summed E-state index contributed by atoms with van der Waals surface area (Å²) in [5, 5.41) is 9.02. The Kier molecular flexibility index (Phi) is 8.09. The lowest BCUT2D eigenvalue weighted by Gasteiger charge is -2.12. The van der Waals surface area contributed by atoms with Crippen LogP contribution >= 0.6 is 0 Å². The number of hydrogen-bond acceptors (Lipinski definition) is 6.